The monoisotopic (exact) mass is 805 g/mol. The van der Waals surface area contributed by atoms with Gasteiger partial charge in [-0.1, -0.05) is 226 Å². The average Bonchev–Trinajstić information content (AvgIpc) is 3.36. The van der Waals surface area contributed by atoms with Crippen LogP contribution in [0.25, 0.3) is 87.9 Å². The van der Waals surface area contributed by atoms with Gasteiger partial charge in [-0.05, 0) is 103 Å². The zero-order chi connectivity index (χ0) is 42.7. The Bertz CT molecular complexity index is 3320. The van der Waals surface area contributed by atoms with Crippen LogP contribution in [0, 0.1) is 6.92 Å². The molecule has 0 saturated heterocycles. The summed E-state index contributed by atoms with van der Waals surface area (Å²) in [6.45, 7) is 6.17. The summed E-state index contributed by atoms with van der Waals surface area (Å²) in [4.78, 5) is 5.51. The van der Waals surface area contributed by atoms with E-state index >= 15 is 0 Å². The minimum absolute atomic E-state index is 1.02. The first-order valence-electron chi connectivity index (χ1n) is 22.0. The molecule has 1 heterocycles. The van der Waals surface area contributed by atoms with E-state index in [1.807, 2.05) is 13.8 Å². The first-order chi connectivity index (χ1) is 31.2. The maximum atomic E-state index is 5.51. The Labute approximate surface area is 370 Å². The fourth-order valence-corrected chi connectivity index (χ4v) is 9.23. The molecule has 0 fully saturated rings. The van der Waals surface area contributed by atoms with Crippen LogP contribution < -0.4 is 0 Å². The molecule has 0 aliphatic heterocycles. The number of pyridine rings is 1. The van der Waals surface area contributed by atoms with Gasteiger partial charge in [0.25, 0.3) is 0 Å². The maximum absolute atomic E-state index is 5.51. The van der Waals surface area contributed by atoms with Crippen LogP contribution in [0.2, 0.25) is 0 Å². The first-order valence-corrected chi connectivity index (χ1v) is 22.0. The van der Waals surface area contributed by atoms with Gasteiger partial charge in [0.15, 0.2) is 0 Å². The predicted octanol–water partition coefficient (Wildman–Crippen LogP) is 17.0. The summed E-state index contributed by atoms with van der Waals surface area (Å²) >= 11 is 0. The van der Waals surface area contributed by atoms with Crippen molar-refractivity contribution in [2.75, 3.05) is 0 Å². The van der Waals surface area contributed by atoms with Crippen LogP contribution in [-0.2, 0) is 0 Å². The standard InChI is InChI=1S/C60H41N.C2H6/c1-40-17-15-26-46(35-40)49-37-50(47-27-16-28-48(36-47)57(45-24-9-4-10-25-45)56(43-20-5-2-6-21-43)44-22-7-3-8-23-44)39-51(38-49)58-54-33-31-41-18-11-13-29-52(41)59(54)61-60-53-30-14-12-19-42(53)32-34-55(58)60;1-2/h2-39H,1H3;1-2H3. The van der Waals surface area contributed by atoms with Crippen molar-refractivity contribution in [1.82, 2.24) is 4.98 Å². The molecule has 1 nitrogen and oxygen atoms in total. The Morgan fingerprint density at radius 3 is 1.22 bits per heavy atom. The molecular weight excluding hydrogens is 759 g/mol. The van der Waals surface area contributed by atoms with Gasteiger partial charge in [0.2, 0.25) is 0 Å². The van der Waals surface area contributed by atoms with Gasteiger partial charge in [0, 0.05) is 27.1 Å². The third kappa shape index (κ3) is 7.49. The summed E-state index contributed by atoms with van der Waals surface area (Å²) in [5.41, 5.74) is 17.4. The number of aryl methyl sites for hydroxylation is 1. The topological polar surface area (TPSA) is 12.9 Å². The van der Waals surface area contributed by atoms with Crippen molar-refractivity contribution in [1.29, 1.82) is 0 Å². The number of nitrogens with zero attached hydrogens (tertiary/aromatic N) is 1. The third-order valence-electron chi connectivity index (χ3n) is 12.1. The molecule has 0 saturated carbocycles. The molecule has 0 radical (unpaired) electrons. The predicted molar refractivity (Wildman–Crippen MR) is 271 cm³/mol. The number of hydrogen-bond donors (Lipinski definition) is 0. The molecule has 1 aromatic heterocycles. The van der Waals surface area contributed by atoms with E-state index in [1.54, 1.807) is 0 Å². The van der Waals surface area contributed by atoms with Crippen molar-refractivity contribution in [2.24, 2.45) is 0 Å². The lowest BCUT2D eigenvalue weighted by atomic mass is 9.84. The molecule has 63 heavy (non-hydrogen) atoms. The second-order valence-corrected chi connectivity index (χ2v) is 15.9. The summed E-state index contributed by atoms with van der Waals surface area (Å²) < 4.78 is 0. The van der Waals surface area contributed by atoms with Crippen molar-refractivity contribution in [3.05, 3.63) is 258 Å². The van der Waals surface area contributed by atoms with Crippen LogP contribution in [-0.4, -0.2) is 4.98 Å². The lowest BCUT2D eigenvalue weighted by Crippen LogP contribution is -1.98. The minimum atomic E-state index is 1.02. The van der Waals surface area contributed by atoms with Gasteiger partial charge in [-0.15, -0.1) is 0 Å². The molecular formula is C62H47N. The highest BCUT2D eigenvalue weighted by molar-refractivity contribution is 6.21. The van der Waals surface area contributed by atoms with Gasteiger partial charge < -0.3 is 0 Å². The lowest BCUT2D eigenvalue weighted by molar-refractivity contribution is 1.46. The Kier molecular flexibility index (Phi) is 10.8. The number of hydrogen-bond acceptors (Lipinski definition) is 1. The second kappa shape index (κ2) is 17.2. The van der Waals surface area contributed by atoms with E-state index in [4.69, 9.17) is 4.98 Å². The Hall–Kier alpha value is -7.87. The van der Waals surface area contributed by atoms with Crippen molar-refractivity contribution in [3.8, 4) is 33.4 Å². The number of fused-ring (bicyclic) bond motifs is 6. The number of benzene rings is 10. The molecule has 0 amide bonds. The summed E-state index contributed by atoms with van der Waals surface area (Å²) in [5.74, 6) is 0. The molecule has 0 atom stereocenters. The zero-order valence-electron chi connectivity index (χ0n) is 35.9. The van der Waals surface area contributed by atoms with Gasteiger partial charge in [0.1, 0.15) is 0 Å². The second-order valence-electron chi connectivity index (χ2n) is 15.9. The molecule has 0 spiro atoms. The normalized spacial score (nSPS) is 11.1. The number of aromatic nitrogens is 1. The van der Waals surface area contributed by atoms with Gasteiger partial charge in [-0.25, -0.2) is 4.98 Å². The molecule has 0 N–H and O–H groups in total. The van der Waals surface area contributed by atoms with E-state index in [0.717, 1.165) is 54.8 Å². The fourth-order valence-electron chi connectivity index (χ4n) is 9.23. The van der Waals surface area contributed by atoms with Gasteiger partial charge in [-0.3, -0.25) is 0 Å². The van der Waals surface area contributed by atoms with E-state index in [2.05, 4.69) is 237 Å². The molecule has 300 valence electrons. The molecule has 11 rings (SSSR count). The van der Waals surface area contributed by atoms with Crippen molar-refractivity contribution < 1.29 is 0 Å². The highest BCUT2D eigenvalue weighted by Gasteiger charge is 2.20. The van der Waals surface area contributed by atoms with Crippen LogP contribution in [0.3, 0.4) is 0 Å². The highest BCUT2D eigenvalue weighted by Crippen LogP contribution is 2.44. The maximum Gasteiger partial charge on any atom is 0.0794 e. The third-order valence-corrected chi connectivity index (χ3v) is 12.1. The largest absolute Gasteiger partial charge is 0.246 e. The molecule has 0 unspecified atom stereocenters. The molecule has 0 aliphatic rings. The summed E-state index contributed by atoms with van der Waals surface area (Å²) in [7, 11) is 0. The van der Waals surface area contributed by atoms with E-state index < -0.39 is 0 Å². The van der Waals surface area contributed by atoms with Crippen LogP contribution in [0.15, 0.2) is 231 Å². The Morgan fingerprint density at radius 1 is 0.302 bits per heavy atom. The Morgan fingerprint density at radius 2 is 0.714 bits per heavy atom. The van der Waals surface area contributed by atoms with Crippen molar-refractivity contribution in [2.45, 2.75) is 20.8 Å². The SMILES string of the molecule is CC.Cc1cccc(-c2cc(-c3cccc(C(=C(c4ccccc4)c4ccccc4)c4ccccc4)c3)cc(-c3c4ccc5ccccc5c4nc4c3ccc3ccccc34)c2)c1. The Balaban J connectivity index is 0.00000232. The van der Waals surface area contributed by atoms with E-state index in [0.29, 0.717) is 0 Å². The minimum Gasteiger partial charge on any atom is -0.246 e. The lowest BCUT2D eigenvalue weighted by Gasteiger charge is -2.19. The molecule has 11 aromatic rings. The van der Waals surface area contributed by atoms with E-state index in [-0.39, 0.29) is 0 Å². The van der Waals surface area contributed by atoms with Crippen molar-refractivity contribution in [3.63, 3.8) is 0 Å². The van der Waals surface area contributed by atoms with E-state index in [1.165, 1.54) is 60.9 Å². The van der Waals surface area contributed by atoms with Crippen LogP contribution >= 0.6 is 0 Å². The molecule has 10 aromatic carbocycles. The summed E-state index contributed by atoms with van der Waals surface area (Å²) in [5, 5.41) is 6.98. The quantitative estimate of drug-likeness (QED) is 0.0888. The zero-order valence-corrected chi connectivity index (χ0v) is 35.9. The first kappa shape index (κ1) is 39.3. The smallest absolute Gasteiger partial charge is 0.0794 e. The van der Waals surface area contributed by atoms with Crippen LogP contribution in [0.4, 0.5) is 0 Å². The molecule has 1 heteroatoms. The van der Waals surface area contributed by atoms with Gasteiger partial charge in [0.05, 0.1) is 11.0 Å². The number of rotatable bonds is 7. The average molecular weight is 806 g/mol. The molecule has 0 bridgehead atoms. The van der Waals surface area contributed by atoms with Crippen molar-refractivity contribution >= 4 is 54.5 Å². The van der Waals surface area contributed by atoms with E-state index in [9.17, 15) is 0 Å². The summed E-state index contributed by atoms with van der Waals surface area (Å²) in [6, 6.07) is 83.9. The fraction of sp³-hybridized carbons (Fsp3) is 0.0484. The van der Waals surface area contributed by atoms with Crippen LogP contribution in [0.5, 0.6) is 0 Å². The molecule has 0 aliphatic carbocycles. The summed E-state index contributed by atoms with van der Waals surface area (Å²) in [6.07, 6.45) is 0. The van der Waals surface area contributed by atoms with Gasteiger partial charge in [-0.2, -0.15) is 0 Å². The van der Waals surface area contributed by atoms with Crippen LogP contribution in [0.1, 0.15) is 41.7 Å². The van der Waals surface area contributed by atoms with Gasteiger partial charge >= 0.3 is 0 Å². The highest BCUT2D eigenvalue weighted by atomic mass is 14.7.